The van der Waals surface area contributed by atoms with E-state index in [0.29, 0.717) is 12.1 Å². The third-order valence-electron chi connectivity index (χ3n) is 3.21. The van der Waals surface area contributed by atoms with Crippen molar-refractivity contribution in [2.75, 3.05) is 33.7 Å². The predicted molar refractivity (Wildman–Crippen MR) is 61.1 cm³/mol. The summed E-state index contributed by atoms with van der Waals surface area (Å²) in [6.07, 6.45) is 0. The molecule has 1 heterocycles. The van der Waals surface area contributed by atoms with Gasteiger partial charge in [0.25, 0.3) is 0 Å². The van der Waals surface area contributed by atoms with Crippen LogP contribution in [-0.2, 0) is 21.7 Å². The van der Waals surface area contributed by atoms with Gasteiger partial charge in [-0.3, -0.25) is 0 Å². The van der Waals surface area contributed by atoms with Crippen LogP contribution < -0.4 is 42.5 Å². The fraction of sp³-hybridized carbons (Fsp3) is 0.909. The van der Waals surface area contributed by atoms with Gasteiger partial charge in [-0.25, -0.2) is 6.04 Å². The number of nitrogens with zero attached hydrogens (tertiary/aromatic N) is 2. The molecule has 3 nitrogen and oxygen atoms in total. The van der Waals surface area contributed by atoms with Gasteiger partial charge in [0.05, 0.1) is 0 Å². The average molecular weight is 353 g/mol. The van der Waals surface area contributed by atoms with Crippen molar-refractivity contribution in [3.8, 4) is 0 Å². The van der Waals surface area contributed by atoms with Gasteiger partial charge in [-0.2, -0.15) is 6.92 Å². The summed E-state index contributed by atoms with van der Waals surface area (Å²) in [5.41, 5.74) is 0. The molecule has 0 saturated carbocycles. The van der Waals surface area contributed by atoms with Crippen LogP contribution in [0, 0.1) is 6.04 Å². The topological polar surface area (TPSA) is 18.5 Å². The molecular formula is C11H24Cl3N3Ti. The van der Waals surface area contributed by atoms with Crippen molar-refractivity contribution in [1.82, 2.24) is 15.1 Å². The molecular weight excluding hydrogens is 328 g/mol. The summed E-state index contributed by atoms with van der Waals surface area (Å²) < 4.78 is 0. The van der Waals surface area contributed by atoms with E-state index in [1.165, 1.54) is 6.04 Å². The second kappa shape index (κ2) is 13.4. The molecule has 2 atom stereocenters. The monoisotopic (exact) mass is 351 g/mol. The van der Waals surface area contributed by atoms with E-state index in [-0.39, 0.29) is 58.9 Å². The van der Waals surface area contributed by atoms with E-state index >= 15 is 0 Å². The minimum absolute atomic E-state index is 0. The first-order valence-corrected chi connectivity index (χ1v) is 5.48. The smallest absolute Gasteiger partial charge is 1.00 e. The summed E-state index contributed by atoms with van der Waals surface area (Å²) in [6.45, 7) is 10.0. The molecule has 0 aromatic rings. The van der Waals surface area contributed by atoms with E-state index < -0.39 is 0 Å². The first-order valence-electron chi connectivity index (χ1n) is 5.48. The maximum absolute atomic E-state index is 3.54. The van der Waals surface area contributed by atoms with Gasteiger partial charge in [-0.15, -0.1) is 6.54 Å². The van der Waals surface area contributed by atoms with Crippen LogP contribution in [0.5, 0.6) is 0 Å². The summed E-state index contributed by atoms with van der Waals surface area (Å²) in [7, 11) is 4.38. The van der Waals surface area contributed by atoms with Crippen molar-refractivity contribution < 1.29 is 58.9 Å². The third-order valence-corrected chi connectivity index (χ3v) is 3.21. The van der Waals surface area contributed by atoms with Crippen molar-refractivity contribution in [2.45, 2.75) is 32.9 Å². The SMILES string of the molecule is C[C-]1CNC(C)CN(C)C(C)CN1C.[Cl-].[Cl-].[Cl-].[Ti+4]. The molecule has 1 aliphatic heterocycles. The maximum atomic E-state index is 3.54. The van der Waals surface area contributed by atoms with Crippen molar-refractivity contribution in [3.05, 3.63) is 6.04 Å². The molecule has 1 fully saturated rings. The van der Waals surface area contributed by atoms with E-state index in [1.54, 1.807) is 0 Å². The van der Waals surface area contributed by atoms with Crippen molar-refractivity contribution in [3.63, 3.8) is 0 Å². The molecule has 0 amide bonds. The molecule has 0 radical (unpaired) electrons. The van der Waals surface area contributed by atoms with E-state index in [2.05, 4.69) is 50.0 Å². The molecule has 0 bridgehead atoms. The second-order valence-corrected chi connectivity index (χ2v) is 4.69. The molecule has 108 valence electrons. The molecule has 1 aliphatic rings. The van der Waals surface area contributed by atoms with Gasteiger partial charge < -0.3 is 52.3 Å². The fourth-order valence-electron chi connectivity index (χ4n) is 1.82. The van der Waals surface area contributed by atoms with Crippen molar-refractivity contribution in [1.29, 1.82) is 0 Å². The molecule has 0 aromatic carbocycles. The third kappa shape index (κ3) is 9.38. The molecule has 1 N–H and O–H groups in total. The predicted octanol–water partition coefficient (Wildman–Crippen LogP) is -8.21. The number of likely N-dealkylation sites (N-methyl/N-ethyl adjacent to an activating group) is 2. The second-order valence-electron chi connectivity index (χ2n) is 4.69. The minimum atomic E-state index is 0. The van der Waals surface area contributed by atoms with E-state index in [4.69, 9.17) is 0 Å². The number of hydrogen-bond donors (Lipinski definition) is 1. The van der Waals surface area contributed by atoms with Crippen molar-refractivity contribution in [2.24, 2.45) is 0 Å². The van der Waals surface area contributed by atoms with Gasteiger partial charge in [-0.05, 0) is 34.5 Å². The van der Waals surface area contributed by atoms with E-state index in [0.717, 1.165) is 19.6 Å². The number of nitrogens with one attached hydrogen (secondary N) is 1. The Hall–Kier alpha value is 1.46. The van der Waals surface area contributed by atoms with Crippen LogP contribution in [0.4, 0.5) is 0 Å². The zero-order valence-electron chi connectivity index (χ0n) is 11.8. The Balaban J connectivity index is -0.000000245. The molecule has 0 aliphatic carbocycles. The van der Waals surface area contributed by atoms with Crippen LogP contribution in [0.2, 0.25) is 0 Å². The number of rotatable bonds is 0. The summed E-state index contributed by atoms with van der Waals surface area (Å²) in [5, 5.41) is 3.54. The largest absolute Gasteiger partial charge is 4.00 e. The molecule has 18 heavy (non-hydrogen) atoms. The van der Waals surface area contributed by atoms with Gasteiger partial charge >= 0.3 is 21.7 Å². The van der Waals surface area contributed by atoms with Gasteiger partial charge in [0, 0.05) is 18.6 Å². The Morgan fingerprint density at radius 2 is 1.56 bits per heavy atom. The van der Waals surface area contributed by atoms with Crippen LogP contribution in [0.3, 0.4) is 0 Å². The average Bonchev–Trinajstić information content (AvgIpc) is 2.15. The molecule has 0 spiro atoms. The Bertz CT molecular complexity index is 189. The molecule has 1 saturated heterocycles. The first kappa shape index (κ1) is 27.7. The molecule has 7 heteroatoms. The number of halogens is 3. The van der Waals surface area contributed by atoms with Gasteiger partial charge in [-0.1, -0.05) is 0 Å². The van der Waals surface area contributed by atoms with Crippen LogP contribution >= 0.6 is 0 Å². The Labute approximate surface area is 146 Å². The fourth-order valence-corrected chi connectivity index (χ4v) is 1.82. The summed E-state index contributed by atoms with van der Waals surface area (Å²) >= 11 is 0. The summed E-state index contributed by atoms with van der Waals surface area (Å²) in [6, 6.07) is 2.63. The summed E-state index contributed by atoms with van der Waals surface area (Å²) in [4.78, 5) is 4.78. The standard InChI is InChI=1S/C11H24N3.3ClH.Ti/c1-9-7-13(4)11(3)8-14(5)10(2)6-12-9;;;;/h9,11-12H,6-8H2,1-5H3;3*1H;/q-1;;;;+4/p-3. The van der Waals surface area contributed by atoms with Crippen LogP contribution in [0.1, 0.15) is 20.8 Å². The Kier molecular flexibility index (Phi) is 20.7. The quantitative estimate of drug-likeness (QED) is 0.345. The zero-order chi connectivity index (χ0) is 10.7. The normalized spacial score (nSPS) is 27.2. The summed E-state index contributed by atoms with van der Waals surface area (Å²) in [5.74, 6) is 0. The molecule has 2 unspecified atom stereocenters. The Morgan fingerprint density at radius 1 is 1.06 bits per heavy atom. The van der Waals surface area contributed by atoms with Gasteiger partial charge in [0.1, 0.15) is 0 Å². The van der Waals surface area contributed by atoms with Crippen LogP contribution in [-0.4, -0.2) is 55.6 Å². The van der Waals surface area contributed by atoms with Gasteiger partial charge in [0.2, 0.25) is 0 Å². The Morgan fingerprint density at radius 3 is 2.06 bits per heavy atom. The minimum Gasteiger partial charge on any atom is -1.00 e. The van der Waals surface area contributed by atoms with Gasteiger partial charge in [0.15, 0.2) is 0 Å². The van der Waals surface area contributed by atoms with Crippen LogP contribution in [0.15, 0.2) is 0 Å². The number of hydrogen-bond acceptors (Lipinski definition) is 3. The van der Waals surface area contributed by atoms with Crippen LogP contribution in [0.25, 0.3) is 0 Å². The van der Waals surface area contributed by atoms with E-state index in [9.17, 15) is 0 Å². The first-order chi connectivity index (χ1) is 6.50. The maximum Gasteiger partial charge on any atom is 4.00 e. The molecule has 1 rings (SSSR count). The van der Waals surface area contributed by atoms with Crippen molar-refractivity contribution >= 4 is 0 Å². The van der Waals surface area contributed by atoms with E-state index in [1.807, 2.05) is 0 Å². The zero-order valence-corrected chi connectivity index (χ0v) is 15.6. The molecule has 0 aromatic heterocycles.